The van der Waals surface area contributed by atoms with Crippen molar-refractivity contribution in [2.45, 2.75) is 51.1 Å². The summed E-state index contributed by atoms with van der Waals surface area (Å²) in [5.74, 6) is -8.48. The number of rotatable bonds is 6. The number of hydrogen-bond acceptors (Lipinski definition) is 6. The summed E-state index contributed by atoms with van der Waals surface area (Å²) in [4.78, 5) is 44.7. The summed E-state index contributed by atoms with van der Waals surface area (Å²) in [6, 6.07) is 19.6. The van der Waals surface area contributed by atoms with Gasteiger partial charge in [-0.15, -0.1) is 0 Å². The first-order chi connectivity index (χ1) is 20.6. The second kappa shape index (κ2) is 16.9. The van der Waals surface area contributed by atoms with Crippen molar-refractivity contribution in [3.63, 3.8) is 0 Å². The first-order valence-electron chi connectivity index (χ1n) is 13.8. The fraction of sp³-hybridized carbons (Fsp3) is 0.467. The minimum Gasteiger partial charge on any atom is -0.473 e. The van der Waals surface area contributed by atoms with Gasteiger partial charge >= 0.3 is 24.3 Å². The van der Waals surface area contributed by atoms with Crippen molar-refractivity contribution in [3.8, 4) is 0 Å². The molecule has 14 heteroatoms. The van der Waals surface area contributed by atoms with E-state index in [1.165, 1.54) is 0 Å². The lowest BCUT2D eigenvalue weighted by Gasteiger charge is -2.31. The lowest BCUT2D eigenvalue weighted by atomic mass is 9.92. The molecule has 44 heavy (non-hydrogen) atoms. The van der Waals surface area contributed by atoms with Crippen molar-refractivity contribution >= 4 is 23.5 Å². The van der Waals surface area contributed by atoms with Gasteiger partial charge in [0.05, 0.1) is 0 Å². The van der Waals surface area contributed by atoms with Crippen molar-refractivity contribution in [1.29, 1.82) is 0 Å². The minimum absolute atomic E-state index is 0.297. The highest BCUT2D eigenvalue weighted by atomic mass is 19.4. The van der Waals surface area contributed by atoms with Crippen LogP contribution in [0.3, 0.4) is 0 Å². The van der Waals surface area contributed by atoms with Crippen molar-refractivity contribution in [2.75, 3.05) is 26.2 Å². The fourth-order valence-corrected chi connectivity index (χ4v) is 4.85. The molecule has 0 aromatic heterocycles. The summed E-state index contributed by atoms with van der Waals surface area (Å²) >= 11 is 0. The van der Waals surface area contributed by atoms with Gasteiger partial charge < -0.3 is 10.2 Å². The van der Waals surface area contributed by atoms with Gasteiger partial charge in [-0.2, -0.15) is 26.3 Å². The van der Waals surface area contributed by atoms with Crippen LogP contribution in [-0.2, 0) is 32.3 Å². The summed E-state index contributed by atoms with van der Waals surface area (Å²) in [6.07, 6.45) is -8.19. The van der Waals surface area contributed by atoms with Gasteiger partial charge in [-0.3, -0.25) is 19.4 Å². The summed E-state index contributed by atoms with van der Waals surface area (Å²) in [5, 5.41) is 14.8. The first-order valence-corrected chi connectivity index (χ1v) is 13.8. The smallest absolute Gasteiger partial charge is 0.450 e. The lowest BCUT2D eigenvalue weighted by molar-refractivity contribution is -0.177. The van der Waals surface area contributed by atoms with Crippen LogP contribution in [0.15, 0.2) is 60.7 Å². The van der Waals surface area contributed by atoms with Gasteiger partial charge in [-0.25, -0.2) is 9.59 Å². The van der Waals surface area contributed by atoms with Crippen molar-refractivity contribution in [2.24, 2.45) is 11.8 Å². The maximum absolute atomic E-state index is 12.3. The molecule has 2 fully saturated rings. The van der Waals surface area contributed by atoms with Crippen molar-refractivity contribution in [1.82, 2.24) is 9.80 Å². The molecule has 0 bridgehead atoms. The summed E-state index contributed by atoms with van der Waals surface area (Å²) in [5.41, 5.74) is 2.28. The highest BCUT2D eigenvalue weighted by molar-refractivity contribution is 6.27. The maximum atomic E-state index is 12.3. The van der Waals surface area contributed by atoms with E-state index >= 15 is 0 Å². The number of alkyl halides is 6. The second-order valence-electron chi connectivity index (χ2n) is 10.4. The molecule has 0 radical (unpaired) electrons. The highest BCUT2D eigenvalue weighted by Crippen LogP contribution is 2.29. The molecule has 0 unspecified atom stereocenters. The molecular weight excluding hydrogens is 598 g/mol. The molecule has 8 nitrogen and oxygen atoms in total. The number of benzene rings is 2. The number of piperidine rings is 2. The third-order valence-corrected chi connectivity index (χ3v) is 7.16. The van der Waals surface area contributed by atoms with Crippen LogP contribution in [0.1, 0.15) is 36.8 Å². The van der Waals surface area contributed by atoms with E-state index in [4.69, 9.17) is 19.8 Å². The van der Waals surface area contributed by atoms with E-state index in [0.29, 0.717) is 51.9 Å². The molecule has 2 aliphatic heterocycles. The number of aliphatic carboxylic acids is 2. The number of nitrogens with zero attached hydrogens (tertiary/aromatic N) is 2. The van der Waals surface area contributed by atoms with E-state index in [2.05, 4.69) is 9.80 Å². The van der Waals surface area contributed by atoms with E-state index in [1.807, 2.05) is 60.7 Å². The third-order valence-electron chi connectivity index (χ3n) is 7.16. The predicted molar refractivity (Wildman–Crippen MR) is 146 cm³/mol. The normalized spacial score (nSPS) is 17.0. The zero-order valence-corrected chi connectivity index (χ0v) is 23.7. The molecule has 0 spiro atoms. The Balaban J connectivity index is 0.000000260. The quantitative estimate of drug-likeness (QED) is 0.330. The number of Topliss-reactive ketones (excluding diaryl/α,β-unsaturated/α-hetero) is 2. The Morgan fingerprint density at radius 3 is 1.07 bits per heavy atom. The summed E-state index contributed by atoms with van der Waals surface area (Å²) in [7, 11) is 0. The van der Waals surface area contributed by atoms with Gasteiger partial charge in [0.25, 0.3) is 0 Å². The summed E-state index contributed by atoms with van der Waals surface area (Å²) in [6.45, 7) is 3.63. The molecule has 2 heterocycles. The number of carboxylic acid groups (broad SMARTS) is 2. The molecule has 0 aliphatic carbocycles. The Hall–Kier alpha value is -3.78. The molecule has 0 amide bonds. The number of halogens is 6. The van der Waals surface area contributed by atoms with Crippen LogP contribution in [0.25, 0.3) is 0 Å². The Labute approximate surface area is 250 Å². The van der Waals surface area contributed by atoms with E-state index in [1.54, 1.807) is 0 Å². The van der Waals surface area contributed by atoms with Gasteiger partial charge in [-0.05, 0) is 63.0 Å². The van der Waals surface area contributed by atoms with Crippen molar-refractivity contribution < 1.29 is 55.7 Å². The fourth-order valence-electron chi connectivity index (χ4n) is 4.85. The van der Waals surface area contributed by atoms with Gasteiger partial charge in [0.1, 0.15) is 0 Å². The van der Waals surface area contributed by atoms with Crippen molar-refractivity contribution in [3.05, 3.63) is 71.8 Å². The van der Waals surface area contributed by atoms with E-state index in [0.717, 1.165) is 24.2 Å². The first kappa shape index (κ1) is 36.4. The average Bonchev–Trinajstić information content (AvgIpc) is 2.98. The van der Waals surface area contributed by atoms with Crippen LogP contribution >= 0.6 is 0 Å². The van der Waals surface area contributed by atoms with Gasteiger partial charge in [0.2, 0.25) is 11.6 Å². The molecule has 0 saturated carbocycles. The van der Waals surface area contributed by atoms with Crippen LogP contribution in [0.4, 0.5) is 26.3 Å². The molecule has 4 rings (SSSR count). The Morgan fingerprint density at radius 1 is 0.568 bits per heavy atom. The zero-order chi connectivity index (χ0) is 32.9. The van der Waals surface area contributed by atoms with Gasteiger partial charge in [0.15, 0.2) is 0 Å². The number of carbonyl (C=O) groups excluding carboxylic acids is 2. The van der Waals surface area contributed by atoms with E-state index < -0.39 is 47.7 Å². The van der Waals surface area contributed by atoms with Gasteiger partial charge in [-0.1, -0.05) is 60.7 Å². The molecule has 242 valence electrons. The SMILES string of the molecule is O=C(C1CCN(Cc2ccccc2)CC1)C(F)(F)F.O=C(C1CCN(Cc2ccccc2)CC1)C(F)(F)F.O=C(O)C(=O)O. The topological polar surface area (TPSA) is 115 Å². The van der Waals surface area contributed by atoms with E-state index in [9.17, 15) is 35.9 Å². The molecule has 2 saturated heterocycles. The van der Waals surface area contributed by atoms with Crippen LogP contribution in [-0.4, -0.2) is 82.0 Å². The van der Waals surface area contributed by atoms with Crippen LogP contribution in [0, 0.1) is 11.8 Å². The maximum Gasteiger partial charge on any atom is 0.450 e. The monoisotopic (exact) mass is 632 g/mol. The van der Waals surface area contributed by atoms with Crippen LogP contribution in [0.2, 0.25) is 0 Å². The largest absolute Gasteiger partial charge is 0.473 e. The molecule has 2 aromatic carbocycles. The number of hydrogen-bond donors (Lipinski definition) is 2. The number of carbonyl (C=O) groups is 4. The Kier molecular flexibility index (Phi) is 14.0. The third kappa shape index (κ3) is 12.8. The lowest BCUT2D eigenvalue weighted by Crippen LogP contribution is -2.40. The van der Waals surface area contributed by atoms with Crippen LogP contribution in [0.5, 0.6) is 0 Å². The Morgan fingerprint density at radius 2 is 0.841 bits per heavy atom. The molecule has 2 N–H and O–H groups in total. The van der Waals surface area contributed by atoms with Crippen LogP contribution < -0.4 is 0 Å². The van der Waals surface area contributed by atoms with Gasteiger partial charge in [0, 0.05) is 24.9 Å². The number of likely N-dealkylation sites (tertiary alicyclic amines) is 2. The number of carboxylic acids is 2. The minimum atomic E-state index is -4.69. The zero-order valence-electron chi connectivity index (χ0n) is 23.7. The Bertz CT molecular complexity index is 1110. The molecular formula is C30H34F6N2O6. The standard InChI is InChI=1S/2C14H16F3NO.C2H2O4/c2*15-14(16,17)13(19)12-6-8-18(9-7-12)10-11-4-2-1-3-5-11;3-1(4)2(5)6/h2*1-5,12H,6-10H2;(H,3,4)(H,5,6). The average molecular weight is 633 g/mol. The molecule has 0 atom stereocenters. The highest BCUT2D eigenvalue weighted by Gasteiger charge is 2.44. The summed E-state index contributed by atoms with van der Waals surface area (Å²) < 4.78 is 73.9. The molecule has 2 aromatic rings. The predicted octanol–water partition coefficient (Wildman–Crippen LogP) is 5.22. The molecule has 2 aliphatic rings. The van der Waals surface area contributed by atoms with E-state index in [-0.39, 0.29) is 0 Å². The second-order valence-corrected chi connectivity index (χ2v) is 10.4. The number of ketones is 2.